The van der Waals surface area contributed by atoms with Crippen molar-refractivity contribution in [3.8, 4) is 6.07 Å². The SMILES string of the molecule is Cc1cc(C(=O)N2CC[NH+](Cc3ccc(C#N)cc3)CC2)c2ccccc2n1. The summed E-state index contributed by atoms with van der Waals surface area (Å²) in [6.45, 7) is 6.20. The maximum absolute atomic E-state index is 13.2. The number of carbonyl (C=O) groups excluding carboxylic acids is 1. The van der Waals surface area contributed by atoms with Crippen molar-refractivity contribution in [1.82, 2.24) is 9.88 Å². The third kappa shape index (κ3) is 3.73. The summed E-state index contributed by atoms with van der Waals surface area (Å²) in [5, 5.41) is 9.83. The van der Waals surface area contributed by atoms with Crippen LogP contribution in [0.15, 0.2) is 54.6 Å². The molecule has 0 aliphatic carbocycles. The summed E-state index contributed by atoms with van der Waals surface area (Å²) in [4.78, 5) is 21.1. The predicted octanol–water partition coefficient (Wildman–Crippen LogP) is 1.96. The first-order valence-corrected chi connectivity index (χ1v) is 9.62. The van der Waals surface area contributed by atoms with Gasteiger partial charge in [0.1, 0.15) is 6.54 Å². The molecule has 0 unspecified atom stereocenters. The highest BCUT2D eigenvalue weighted by Crippen LogP contribution is 2.20. The largest absolute Gasteiger partial charge is 0.328 e. The van der Waals surface area contributed by atoms with E-state index < -0.39 is 0 Å². The highest BCUT2D eigenvalue weighted by Gasteiger charge is 2.26. The number of hydrogen-bond acceptors (Lipinski definition) is 3. The Morgan fingerprint density at radius 2 is 1.86 bits per heavy atom. The summed E-state index contributed by atoms with van der Waals surface area (Å²) in [7, 11) is 0. The summed E-state index contributed by atoms with van der Waals surface area (Å²) in [6.07, 6.45) is 0. The second-order valence-corrected chi connectivity index (χ2v) is 7.36. The quantitative estimate of drug-likeness (QED) is 0.766. The van der Waals surface area contributed by atoms with Gasteiger partial charge in [-0.15, -0.1) is 0 Å². The topological polar surface area (TPSA) is 61.4 Å². The van der Waals surface area contributed by atoms with Gasteiger partial charge in [0.25, 0.3) is 5.91 Å². The number of nitrogens with zero attached hydrogens (tertiary/aromatic N) is 3. The van der Waals surface area contributed by atoms with Gasteiger partial charge >= 0.3 is 0 Å². The van der Waals surface area contributed by atoms with Crippen molar-refractivity contribution in [1.29, 1.82) is 5.26 Å². The zero-order valence-corrected chi connectivity index (χ0v) is 16.0. The molecule has 0 bridgehead atoms. The molecule has 2 aromatic carbocycles. The number of hydrogen-bond donors (Lipinski definition) is 1. The highest BCUT2D eigenvalue weighted by atomic mass is 16.2. The van der Waals surface area contributed by atoms with Gasteiger partial charge in [0.05, 0.1) is 48.9 Å². The number of fused-ring (bicyclic) bond motifs is 1. The van der Waals surface area contributed by atoms with Crippen LogP contribution in [-0.2, 0) is 6.54 Å². The fraction of sp³-hybridized carbons (Fsp3) is 0.261. The average molecular weight is 371 g/mol. The molecule has 0 spiro atoms. The number of pyridine rings is 1. The first-order chi connectivity index (χ1) is 13.6. The lowest BCUT2D eigenvalue weighted by atomic mass is 10.1. The van der Waals surface area contributed by atoms with Crippen LogP contribution in [0, 0.1) is 18.3 Å². The van der Waals surface area contributed by atoms with Crippen LogP contribution in [0.2, 0.25) is 0 Å². The molecular weight excluding hydrogens is 348 g/mol. The second kappa shape index (κ2) is 7.79. The zero-order chi connectivity index (χ0) is 19.5. The van der Waals surface area contributed by atoms with E-state index in [9.17, 15) is 4.79 Å². The van der Waals surface area contributed by atoms with Crippen LogP contribution in [0.1, 0.15) is 27.2 Å². The Balaban J connectivity index is 1.44. The number of benzene rings is 2. The summed E-state index contributed by atoms with van der Waals surface area (Å²) < 4.78 is 0. The van der Waals surface area contributed by atoms with Gasteiger partial charge in [-0.3, -0.25) is 9.78 Å². The van der Waals surface area contributed by atoms with Gasteiger partial charge in [-0.2, -0.15) is 5.26 Å². The number of nitriles is 1. The number of rotatable bonds is 3. The molecule has 1 aliphatic rings. The van der Waals surface area contributed by atoms with Crippen LogP contribution in [0.5, 0.6) is 0 Å². The summed E-state index contributed by atoms with van der Waals surface area (Å²) >= 11 is 0. The van der Waals surface area contributed by atoms with E-state index in [1.54, 1.807) is 0 Å². The van der Waals surface area contributed by atoms with Crippen LogP contribution in [0.25, 0.3) is 10.9 Å². The number of aromatic nitrogens is 1. The Bertz CT molecular complexity index is 1040. The molecule has 1 aromatic heterocycles. The van der Waals surface area contributed by atoms with Gasteiger partial charge in [0, 0.05) is 16.6 Å². The van der Waals surface area contributed by atoms with E-state index >= 15 is 0 Å². The second-order valence-electron chi connectivity index (χ2n) is 7.36. The zero-order valence-electron chi connectivity index (χ0n) is 16.0. The van der Waals surface area contributed by atoms with E-state index in [0.717, 1.165) is 54.9 Å². The average Bonchev–Trinajstić information content (AvgIpc) is 2.73. The minimum absolute atomic E-state index is 0.0964. The number of carbonyl (C=O) groups is 1. The van der Waals surface area contributed by atoms with Crippen LogP contribution in [0.3, 0.4) is 0 Å². The van der Waals surface area contributed by atoms with Gasteiger partial charge in [-0.25, -0.2) is 0 Å². The molecule has 1 saturated heterocycles. The fourth-order valence-corrected chi connectivity index (χ4v) is 3.84. The minimum atomic E-state index is 0.0964. The molecule has 2 heterocycles. The molecule has 28 heavy (non-hydrogen) atoms. The molecule has 5 nitrogen and oxygen atoms in total. The predicted molar refractivity (Wildman–Crippen MR) is 108 cm³/mol. The monoisotopic (exact) mass is 371 g/mol. The summed E-state index contributed by atoms with van der Waals surface area (Å²) in [6, 6.07) is 19.7. The molecule has 4 rings (SSSR count). The number of amides is 1. The molecular formula is C23H23N4O+. The van der Waals surface area contributed by atoms with Gasteiger partial charge in [0.2, 0.25) is 0 Å². The first-order valence-electron chi connectivity index (χ1n) is 9.62. The van der Waals surface area contributed by atoms with Crippen LogP contribution < -0.4 is 4.90 Å². The lowest BCUT2D eigenvalue weighted by molar-refractivity contribution is -0.917. The van der Waals surface area contributed by atoms with E-state index in [2.05, 4.69) is 11.1 Å². The number of quaternary nitrogens is 1. The Labute approximate surface area is 164 Å². The van der Waals surface area contributed by atoms with Crippen LogP contribution in [0.4, 0.5) is 0 Å². The third-order valence-electron chi connectivity index (χ3n) is 5.37. The normalized spacial score (nSPS) is 14.8. The lowest BCUT2D eigenvalue weighted by Gasteiger charge is -2.32. The Hall–Kier alpha value is -3.23. The number of nitrogens with one attached hydrogen (secondary N) is 1. The van der Waals surface area contributed by atoms with Crippen LogP contribution in [-0.4, -0.2) is 42.0 Å². The first kappa shape index (κ1) is 18.1. The maximum atomic E-state index is 13.2. The Kier molecular flexibility index (Phi) is 5.05. The molecule has 3 aromatic rings. The molecule has 1 aliphatic heterocycles. The van der Waals surface area contributed by atoms with Gasteiger partial charge in [0.15, 0.2) is 0 Å². The minimum Gasteiger partial charge on any atom is -0.328 e. The van der Waals surface area contributed by atoms with Gasteiger partial charge in [-0.1, -0.05) is 30.3 Å². The van der Waals surface area contributed by atoms with Crippen molar-refractivity contribution >= 4 is 16.8 Å². The Morgan fingerprint density at radius 3 is 2.57 bits per heavy atom. The van der Waals surface area contributed by atoms with Crippen molar-refractivity contribution in [3.05, 3.63) is 77.0 Å². The molecule has 1 fully saturated rings. The lowest BCUT2D eigenvalue weighted by Crippen LogP contribution is -3.13. The maximum Gasteiger partial charge on any atom is 0.255 e. The van der Waals surface area contributed by atoms with Crippen molar-refractivity contribution < 1.29 is 9.69 Å². The molecule has 0 saturated carbocycles. The van der Waals surface area contributed by atoms with Gasteiger partial charge in [-0.05, 0) is 31.2 Å². The van der Waals surface area contributed by atoms with Crippen molar-refractivity contribution in [3.63, 3.8) is 0 Å². The smallest absolute Gasteiger partial charge is 0.255 e. The van der Waals surface area contributed by atoms with E-state index in [1.807, 2.05) is 66.4 Å². The van der Waals surface area contributed by atoms with Crippen molar-refractivity contribution in [2.24, 2.45) is 0 Å². The number of aryl methyl sites for hydroxylation is 1. The van der Waals surface area contributed by atoms with E-state index in [0.29, 0.717) is 5.56 Å². The van der Waals surface area contributed by atoms with Crippen molar-refractivity contribution in [2.75, 3.05) is 26.2 Å². The van der Waals surface area contributed by atoms with E-state index in [-0.39, 0.29) is 5.91 Å². The van der Waals surface area contributed by atoms with E-state index in [4.69, 9.17) is 5.26 Å². The molecule has 0 atom stereocenters. The van der Waals surface area contributed by atoms with Gasteiger partial charge < -0.3 is 9.80 Å². The highest BCUT2D eigenvalue weighted by molar-refractivity contribution is 6.06. The number of para-hydroxylation sites is 1. The molecule has 1 N–H and O–H groups in total. The fourth-order valence-electron chi connectivity index (χ4n) is 3.84. The van der Waals surface area contributed by atoms with Crippen molar-refractivity contribution in [2.45, 2.75) is 13.5 Å². The third-order valence-corrected chi connectivity index (χ3v) is 5.37. The molecule has 5 heteroatoms. The number of piperazine rings is 1. The molecule has 0 radical (unpaired) electrons. The molecule has 1 amide bonds. The van der Waals surface area contributed by atoms with E-state index in [1.165, 1.54) is 10.5 Å². The molecule has 140 valence electrons. The standard InChI is InChI=1S/C23H22N4O/c1-17-14-21(20-4-2-3-5-22(20)25-17)23(28)27-12-10-26(11-13-27)16-19-8-6-18(15-24)7-9-19/h2-9,14H,10-13,16H2,1H3/p+1. The summed E-state index contributed by atoms with van der Waals surface area (Å²) in [5.74, 6) is 0.0964. The Morgan fingerprint density at radius 1 is 1.14 bits per heavy atom. The summed E-state index contributed by atoms with van der Waals surface area (Å²) in [5.41, 5.74) is 4.40. The van der Waals surface area contributed by atoms with Crippen LogP contribution >= 0.6 is 0 Å².